The largest absolute Gasteiger partial charge is 0.324 e. The molecule has 1 saturated carbocycles. The van der Waals surface area contributed by atoms with E-state index in [0.717, 1.165) is 12.3 Å². The van der Waals surface area contributed by atoms with Crippen molar-refractivity contribution in [1.29, 1.82) is 0 Å². The van der Waals surface area contributed by atoms with E-state index in [1.54, 1.807) is 12.1 Å². The maximum atomic E-state index is 13.2. The Kier molecular flexibility index (Phi) is 2.32. The van der Waals surface area contributed by atoms with Crippen molar-refractivity contribution in [3.63, 3.8) is 0 Å². The standard InChI is InChI=1S/C11H14FN/c12-10-4-2-1-3-9(10)11(13)7-8-5-6-8/h1-4,8,11H,5-7,13H2/t11-/m0/s1. The van der Waals surface area contributed by atoms with Gasteiger partial charge in [-0.1, -0.05) is 31.0 Å². The van der Waals surface area contributed by atoms with Gasteiger partial charge in [-0.05, 0) is 18.4 Å². The minimum Gasteiger partial charge on any atom is -0.324 e. The monoisotopic (exact) mass is 179 g/mol. The van der Waals surface area contributed by atoms with E-state index in [2.05, 4.69) is 0 Å². The predicted molar refractivity (Wildman–Crippen MR) is 50.7 cm³/mol. The zero-order valence-electron chi connectivity index (χ0n) is 7.54. The molecule has 2 rings (SSSR count). The van der Waals surface area contributed by atoms with Gasteiger partial charge in [-0.2, -0.15) is 0 Å². The lowest BCUT2D eigenvalue weighted by Gasteiger charge is -2.11. The molecular weight excluding hydrogens is 165 g/mol. The summed E-state index contributed by atoms with van der Waals surface area (Å²) in [6.45, 7) is 0. The summed E-state index contributed by atoms with van der Waals surface area (Å²) >= 11 is 0. The highest BCUT2D eigenvalue weighted by Crippen LogP contribution is 2.37. The lowest BCUT2D eigenvalue weighted by atomic mass is 10.0. The van der Waals surface area contributed by atoms with E-state index in [9.17, 15) is 4.39 Å². The first-order chi connectivity index (χ1) is 6.27. The second-order valence-corrected chi connectivity index (χ2v) is 3.81. The summed E-state index contributed by atoms with van der Waals surface area (Å²) in [4.78, 5) is 0. The van der Waals surface area contributed by atoms with E-state index in [0.29, 0.717) is 5.56 Å². The molecule has 0 amide bonds. The molecule has 0 radical (unpaired) electrons. The van der Waals surface area contributed by atoms with Crippen molar-refractivity contribution in [3.8, 4) is 0 Å². The van der Waals surface area contributed by atoms with Gasteiger partial charge in [-0.25, -0.2) is 4.39 Å². The molecule has 0 saturated heterocycles. The van der Waals surface area contributed by atoms with Crippen molar-refractivity contribution in [2.75, 3.05) is 0 Å². The molecule has 0 aromatic heterocycles. The van der Waals surface area contributed by atoms with E-state index >= 15 is 0 Å². The molecule has 2 N–H and O–H groups in total. The lowest BCUT2D eigenvalue weighted by Crippen LogP contribution is -2.12. The molecule has 1 aromatic rings. The van der Waals surface area contributed by atoms with Crippen LogP contribution in [0.4, 0.5) is 4.39 Å². The van der Waals surface area contributed by atoms with Crippen molar-refractivity contribution in [3.05, 3.63) is 35.6 Å². The van der Waals surface area contributed by atoms with Crippen molar-refractivity contribution >= 4 is 0 Å². The molecule has 1 atom stereocenters. The fraction of sp³-hybridized carbons (Fsp3) is 0.455. The Morgan fingerprint density at radius 1 is 1.38 bits per heavy atom. The summed E-state index contributed by atoms with van der Waals surface area (Å²) in [6, 6.07) is 6.67. The fourth-order valence-electron chi connectivity index (χ4n) is 1.62. The van der Waals surface area contributed by atoms with Gasteiger partial charge in [0.25, 0.3) is 0 Å². The molecule has 13 heavy (non-hydrogen) atoms. The second kappa shape index (κ2) is 3.46. The Morgan fingerprint density at radius 3 is 2.69 bits per heavy atom. The third-order valence-electron chi connectivity index (χ3n) is 2.59. The Morgan fingerprint density at radius 2 is 2.08 bits per heavy atom. The van der Waals surface area contributed by atoms with E-state index < -0.39 is 0 Å². The van der Waals surface area contributed by atoms with Gasteiger partial charge in [0, 0.05) is 11.6 Å². The van der Waals surface area contributed by atoms with Crippen LogP contribution in [0.15, 0.2) is 24.3 Å². The minimum absolute atomic E-state index is 0.117. The zero-order chi connectivity index (χ0) is 9.26. The van der Waals surface area contributed by atoms with Gasteiger partial charge in [0.1, 0.15) is 5.82 Å². The zero-order valence-corrected chi connectivity index (χ0v) is 7.54. The molecular formula is C11H14FN. The summed E-state index contributed by atoms with van der Waals surface area (Å²) in [6.07, 6.45) is 3.46. The molecule has 1 nitrogen and oxygen atoms in total. The van der Waals surface area contributed by atoms with Crippen LogP contribution in [0.1, 0.15) is 30.9 Å². The van der Waals surface area contributed by atoms with Crippen LogP contribution in [0.3, 0.4) is 0 Å². The third-order valence-corrected chi connectivity index (χ3v) is 2.59. The molecule has 0 spiro atoms. The summed E-state index contributed by atoms with van der Waals surface area (Å²) < 4.78 is 13.2. The van der Waals surface area contributed by atoms with Crippen LogP contribution in [-0.2, 0) is 0 Å². The molecule has 0 bridgehead atoms. The maximum Gasteiger partial charge on any atom is 0.127 e. The Hall–Kier alpha value is -0.890. The van der Waals surface area contributed by atoms with E-state index in [-0.39, 0.29) is 11.9 Å². The molecule has 1 aliphatic carbocycles. The van der Waals surface area contributed by atoms with Crippen LogP contribution in [0, 0.1) is 11.7 Å². The van der Waals surface area contributed by atoms with Gasteiger partial charge in [0.15, 0.2) is 0 Å². The summed E-state index contributed by atoms with van der Waals surface area (Å²) in [5.74, 6) is 0.574. The molecule has 70 valence electrons. The van der Waals surface area contributed by atoms with Crippen molar-refractivity contribution in [1.82, 2.24) is 0 Å². The van der Waals surface area contributed by atoms with Crippen LogP contribution < -0.4 is 5.73 Å². The predicted octanol–water partition coefficient (Wildman–Crippen LogP) is 2.63. The number of benzene rings is 1. The number of hydrogen-bond acceptors (Lipinski definition) is 1. The second-order valence-electron chi connectivity index (χ2n) is 3.81. The van der Waals surface area contributed by atoms with Crippen LogP contribution in [0.25, 0.3) is 0 Å². The third kappa shape index (κ3) is 2.07. The van der Waals surface area contributed by atoms with Crippen LogP contribution in [0.2, 0.25) is 0 Å². The van der Waals surface area contributed by atoms with E-state index in [1.165, 1.54) is 18.9 Å². The van der Waals surface area contributed by atoms with Gasteiger partial charge in [-0.15, -0.1) is 0 Å². The number of halogens is 1. The number of rotatable bonds is 3. The van der Waals surface area contributed by atoms with Crippen LogP contribution >= 0.6 is 0 Å². The molecule has 0 aliphatic heterocycles. The van der Waals surface area contributed by atoms with Crippen LogP contribution in [0.5, 0.6) is 0 Å². The highest BCUT2D eigenvalue weighted by Gasteiger charge is 2.25. The van der Waals surface area contributed by atoms with Crippen molar-refractivity contribution in [2.45, 2.75) is 25.3 Å². The first-order valence-electron chi connectivity index (χ1n) is 4.77. The normalized spacial score (nSPS) is 18.6. The highest BCUT2D eigenvalue weighted by atomic mass is 19.1. The first kappa shape index (κ1) is 8.70. The average Bonchev–Trinajstić information content (AvgIpc) is 2.89. The Labute approximate surface area is 77.8 Å². The van der Waals surface area contributed by atoms with E-state index in [1.807, 2.05) is 6.07 Å². The van der Waals surface area contributed by atoms with Crippen LogP contribution in [-0.4, -0.2) is 0 Å². The SMILES string of the molecule is N[C@@H](CC1CC1)c1ccccc1F. The van der Waals surface area contributed by atoms with Crippen molar-refractivity contribution < 1.29 is 4.39 Å². The van der Waals surface area contributed by atoms with Crippen molar-refractivity contribution in [2.24, 2.45) is 11.7 Å². The van der Waals surface area contributed by atoms with Gasteiger partial charge < -0.3 is 5.73 Å². The molecule has 1 aliphatic rings. The molecule has 1 aromatic carbocycles. The van der Waals surface area contributed by atoms with E-state index in [4.69, 9.17) is 5.73 Å². The Bertz CT molecular complexity index is 294. The highest BCUT2D eigenvalue weighted by molar-refractivity contribution is 5.20. The lowest BCUT2D eigenvalue weighted by molar-refractivity contribution is 0.543. The van der Waals surface area contributed by atoms with Gasteiger partial charge >= 0.3 is 0 Å². The Balaban J connectivity index is 2.09. The molecule has 0 unspecified atom stereocenters. The number of hydrogen-bond donors (Lipinski definition) is 1. The first-order valence-corrected chi connectivity index (χ1v) is 4.77. The molecule has 0 heterocycles. The smallest absolute Gasteiger partial charge is 0.127 e. The summed E-state index contributed by atoms with van der Waals surface area (Å²) in [7, 11) is 0. The molecule has 1 fully saturated rings. The molecule has 2 heteroatoms. The van der Waals surface area contributed by atoms with Gasteiger partial charge in [0.2, 0.25) is 0 Å². The number of nitrogens with two attached hydrogens (primary N) is 1. The summed E-state index contributed by atoms with van der Waals surface area (Å²) in [5, 5.41) is 0. The maximum absolute atomic E-state index is 13.2. The summed E-state index contributed by atoms with van der Waals surface area (Å²) in [5.41, 5.74) is 6.56. The fourth-order valence-corrected chi connectivity index (χ4v) is 1.62. The van der Waals surface area contributed by atoms with Gasteiger partial charge in [-0.3, -0.25) is 0 Å². The minimum atomic E-state index is -0.171. The topological polar surface area (TPSA) is 26.0 Å². The quantitative estimate of drug-likeness (QED) is 0.758. The average molecular weight is 179 g/mol. The van der Waals surface area contributed by atoms with Gasteiger partial charge in [0.05, 0.1) is 0 Å².